The van der Waals surface area contributed by atoms with Gasteiger partial charge < -0.3 is 144 Å². The molecule has 96 heavy (non-hydrogen) atoms. The van der Waals surface area contributed by atoms with Gasteiger partial charge in [0, 0.05) is 24.0 Å². The van der Waals surface area contributed by atoms with Crippen LogP contribution in [0.1, 0.15) is 48.6 Å². The summed E-state index contributed by atoms with van der Waals surface area (Å²) in [6.45, 7) is 1.21. The molecule has 32 nitrogen and oxygen atoms in total. The van der Waals surface area contributed by atoms with Crippen molar-refractivity contribution in [3.63, 3.8) is 0 Å². The van der Waals surface area contributed by atoms with E-state index in [0.29, 0.717) is 33.6 Å². The van der Waals surface area contributed by atoms with E-state index in [4.69, 9.17) is 77.3 Å². The van der Waals surface area contributed by atoms with Crippen LogP contribution >= 0.6 is 0 Å². The summed E-state index contributed by atoms with van der Waals surface area (Å²) < 4.78 is 65.3. The van der Waals surface area contributed by atoms with Crippen molar-refractivity contribution in [2.24, 2.45) is 5.92 Å². The molecule has 4 aromatic rings. The molecule has 0 aromatic heterocycles. The Hall–Kier alpha value is -7.97. The second-order valence-electron chi connectivity index (χ2n) is 21.9. The first-order chi connectivity index (χ1) is 45.7. The molecule has 4 aliphatic heterocycles. The van der Waals surface area contributed by atoms with Crippen LogP contribution in [0, 0.1) is 5.92 Å². The number of ether oxygens (including phenoxy) is 12. The summed E-state index contributed by atoms with van der Waals surface area (Å²) >= 11 is 0. The van der Waals surface area contributed by atoms with Crippen LogP contribution in [-0.2, 0) is 74.6 Å². The van der Waals surface area contributed by atoms with Gasteiger partial charge in [-0.25, -0.2) is 9.59 Å². The minimum atomic E-state index is -1.75. The van der Waals surface area contributed by atoms with E-state index in [1.165, 1.54) is 81.8 Å². The van der Waals surface area contributed by atoms with Crippen LogP contribution in [0.5, 0.6) is 46.0 Å². The third-order valence-corrected chi connectivity index (χ3v) is 15.5. The highest BCUT2D eigenvalue weighted by molar-refractivity contribution is 5.91. The van der Waals surface area contributed by atoms with Crippen molar-refractivity contribution in [2.75, 3.05) is 54.4 Å². The SMILES string of the molecule is C/C=C1/[C@H](O[C@@H]2O[C@H](CO)[C@@H](O)[C@H](O)[C@H]2O)OC=C(C(=O)OC)[C@H]1CC(=O)OCCc1ccc(O)c(O)c1.COc1ccc(CCOC2O[C@H](CO)[C@@H](OC(=O)/C=C/c3ccc(O)c(OC)c3)[C@H](OC3O[C@@H](C)[C@H](O)[C@@H](O)[C@H]3O)[C@H]2O)cc1O.OCC(O)c1ccc(O)c(O)c1. The van der Waals surface area contributed by atoms with E-state index >= 15 is 0 Å². The summed E-state index contributed by atoms with van der Waals surface area (Å²) in [4.78, 5) is 38.0. The van der Waals surface area contributed by atoms with Gasteiger partial charge in [0.2, 0.25) is 6.29 Å². The first kappa shape index (κ1) is 77.0. The van der Waals surface area contributed by atoms with Crippen LogP contribution in [0.3, 0.4) is 0 Å². The number of rotatable bonds is 23. The number of phenols is 6. The molecule has 3 fully saturated rings. The third-order valence-electron chi connectivity index (χ3n) is 15.5. The number of aromatic hydroxyl groups is 6. The Morgan fingerprint density at radius 1 is 0.594 bits per heavy atom. The van der Waals surface area contributed by atoms with E-state index in [1.54, 1.807) is 31.2 Å². The average molecular weight is 1360 g/mol. The van der Waals surface area contributed by atoms with Gasteiger partial charge in [-0.2, -0.15) is 0 Å². The number of phenolic OH excluding ortho intramolecular Hbond substituents is 6. The number of carbonyl (C=O) groups excluding carboxylic acids is 3. The zero-order valence-electron chi connectivity index (χ0n) is 52.5. The standard InChI is InChI=1S/C31H40O15.C25H32O13.C8H10O4/c1-15-24(36)25(37)26(38)31(43-15)46-29-27(39)30(42-11-10-17-5-8-20(40-2)19(34)12-17)44-22(14-32)28(29)45-23(35)9-6-16-4-7-18(33)21(13-16)41-3;1-3-13-14(9-19(29)35-7-6-12-4-5-16(27)17(28)8-12)15(23(33)34-2)11-36-24(13)38-25-22(32)21(31)20(30)18(10-26)37-25;9-4-8(12)5-1-2-6(10)7(11)3-5/h4-9,12-13,15,22,24-34,36-39H,10-11,14H2,1-3H3;3-5,8,11,14,18,20-22,24-28,30-32H,6-7,9-10H2,1-2H3;1-3,8-12H,4H2/b9-6+;13-3+;/t15-,22+,24-,25+,26+,27+,28+,29+,30?,31?;14-,18+,20+,21-,22+,24-,25-;/m00./s1. The van der Waals surface area contributed by atoms with Crippen LogP contribution in [-0.4, -0.2) is 257 Å². The smallest absolute Gasteiger partial charge is 0.337 e. The molecule has 0 spiro atoms. The lowest BCUT2D eigenvalue weighted by Gasteiger charge is -2.46. The highest BCUT2D eigenvalue weighted by atomic mass is 16.8. The Morgan fingerprint density at radius 3 is 1.79 bits per heavy atom. The molecule has 530 valence electrons. The molecule has 4 heterocycles. The number of aliphatic hydroxyl groups is 11. The molecule has 3 saturated heterocycles. The van der Waals surface area contributed by atoms with Gasteiger partial charge in [-0.1, -0.05) is 30.3 Å². The van der Waals surface area contributed by atoms with Crippen molar-refractivity contribution in [2.45, 2.75) is 138 Å². The zero-order valence-corrected chi connectivity index (χ0v) is 52.5. The molecule has 17 N–H and O–H groups in total. The molecular formula is C64H82O32. The fraction of sp³-hybridized carbons (Fsp3) is 0.484. The van der Waals surface area contributed by atoms with E-state index in [0.717, 1.165) is 19.4 Å². The number of aliphatic hydroxyl groups excluding tert-OH is 11. The molecular weight excluding hydrogens is 1280 g/mol. The van der Waals surface area contributed by atoms with Crippen molar-refractivity contribution in [3.05, 3.63) is 125 Å². The van der Waals surface area contributed by atoms with Crippen LogP contribution in [0.2, 0.25) is 0 Å². The molecule has 8 rings (SSSR count). The van der Waals surface area contributed by atoms with Crippen LogP contribution < -0.4 is 9.47 Å². The third kappa shape index (κ3) is 20.1. The van der Waals surface area contributed by atoms with Gasteiger partial charge >= 0.3 is 17.9 Å². The number of allylic oxidation sites excluding steroid dienone is 1. The molecule has 0 radical (unpaired) electrons. The number of esters is 3. The number of benzene rings is 4. The normalized spacial score (nSPS) is 28.7. The highest BCUT2D eigenvalue weighted by Crippen LogP contribution is 2.38. The maximum atomic E-state index is 12.9. The van der Waals surface area contributed by atoms with Gasteiger partial charge in [-0.15, -0.1) is 0 Å². The molecule has 3 unspecified atom stereocenters. The minimum Gasteiger partial charge on any atom is -0.504 e. The van der Waals surface area contributed by atoms with Crippen molar-refractivity contribution in [1.82, 2.24) is 0 Å². The average Bonchev–Trinajstić information content (AvgIpc) is 0.794. The molecule has 0 saturated carbocycles. The van der Waals surface area contributed by atoms with E-state index in [9.17, 15) is 80.8 Å². The van der Waals surface area contributed by atoms with Crippen LogP contribution in [0.25, 0.3) is 6.08 Å². The van der Waals surface area contributed by atoms with Crippen molar-refractivity contribution in [1.29, 1.82) is 0 Å². The molecule has 0 aliphatic carbocycles. The second kappa shape index (κ2) is 36.4. The zero-order chi connectivity index (χ0) is 70.7. The lowest BCUT2D eigenvalue weighted by Crippen LogP contribution is -2.65. The van der Waals surface area contributed by atoms with E-state index < -0.39 is 148 Å². The van der Waals surface area contributed by atoms with Crippen molar-refractivity contribution in [3.8, 4) is 46.0 Å². The Labute approximate surface area is 548 Å². The maximum absolute atomic E-state index is 12.9. The highest BCUT2D eigenvalue weighted by Gasteiger charge is 2.53. The summed E-state index contributed by atoms with van der Waals surface area (Å²) in [6, 6.07) is 17.3. The van der Waals surface area contributed by atoms with Crippen LogP contribution in [0.4, 0.5) is 0 Å². The lowest BCUT2D eigenvalue weighted by atomic mass is 9.86. The summed E-state index contributed by atoms with van der Waals surface area (Å²) in [6.07, 6.45) is -19.5. The predicted molar refractivity (Wildman–Crippen MR) is 325 cm³/mol. The lowest BCUT2D eigenvalue weighted by molar-refractivity contribution is -0.357. The van der Waals surface area contributed by atoms with Gasteiger partial charge in [0.05, 0.1) is 78.7 Å². The maximum Gasteiger partial charge on any atom is 0.337 e. The van der Waals surface area contributed by atoms with Gasteiger partial charge in [0.15, 0.2) is 71.0 Å². The van der Waals surface area contributed by atoms with E-state index in [1.807, 2.05) is 0 Å². The molecule has 4 aliphatic rings. The summed E-state index contributed by atoms with van der Waals surface area (Å²) in [5.41, 5.74) is 2.46. The quantitative estimate of drug-likeness (QED) is 0.0140. The fourth-order valence-corrected chi connectivity index (χ4v) is 10.1. The monoisotopic (exact) mass is 1360 g/mol. The fourth-order valence-electron chi connectivity index (χ4n) is 10.1. The van der Waals surface area contributed by atoms with Gasteiger partial charge in [-0.05, 0) is 97.1 Å². The topological polar surface area (TPSA) is 506 Å². The predicted octanol–water partition coefficient (Wildman–Crippen LogP) is -0.921. The largest absolute Gasteiger partial charge is 0.504 e. The molecule has 0 bridgehead atoms. The molecule has 32 heteroatoms. The number of carbonyl (C=O) groups is 3. The van der Waals surface area contributed by atoms with Gasteiger partial charge in [-0.3, -0.25) is 4.79 Å². The first-order valence-electron chi connectivity index (χ1n) is 29.8. The number of methoxy groups -OCH3 is 3. The van der Waals surface area contributed by atoms with Gasteiger partial charge in [0.25, 0.3) is 0 Å². The van der Waals surface area contributed by atoms with E-state index in [-0.39, 0.29) is 78.3 Å². The Kier molecular flexibility index (Phi) is 29.2. The van der Waals surface area contributed by atoms with Crippen LogP contribution in [0.15, 0.2) is 102 Å². The summed E-state index contributed by atoms with van der Waals surface area (Å²) in [5.74, 6) is -4.07. The molecule has 18 atom stereocenters. The minimum absolute atomic E-state index is 0.00894. The van der Waals surface area contributed by atoms with Crippen molar-refractivity contribution < 1.29 is 158 Å². The molecule has 0 amide bonds. The first-order valence-corrected chi connectivity index (χ1v) is 29.8. The Morgan fingerprint density at radius 2 is 1.19 bits per heavy atom. The Bertz CT molecular complexity index is 3260. The van der Waals surface area contributed by atoms with Gasteiger partial charge in [0.1, 0.15) is 67.1 Å². The summed E-state index contributed by atoms with van der Waals surface area (Å²) in [7, 11) is 3.96. The molecule has 4 aromatic carbocycles. The van der Waals surface area contributed by atoms with E-state index in [2.05, 4.69) is 0 Å². The Balaban J connectivity index is 0.000000262. The number of hydrogen-bond donors (Lipinski definition) is 17. The van der Waals surface area contributed by atoms with Crippen molar-refractivity contribution >= 4 is 24.0 Å². The summed E-state index contributed by atoms with van der Waals surface area (Å²) in [5, 5.41) is 167. The second-order valence-corrected chi connectivity index (χ2v) is 21.9. The number of hydrogen-bond acceptors (Lipinski definition) is 32.